The van der Waals surface area contributed by atoms with Crippen molar-refractivity contribution >= 4 is 17.8 Å². The number of nitrogens with one attached hydrogen (secondary N) is 2. The van der Waals surface area contributed by atoms with Crippen molar-refractivity contribution in [3.05, 3.63) is 0 Å². The van der Waals surface area contributed by atoms with Crippen LogP contribution in [0, 0.1) is 0 Å². The summed E-state index contributed by atoms with van der Waals surface area (Å²) in [7, 11) is 0. The second-order valence-corrected chi connectivity index (χ2v) is 4.85. The zero-order valence-electron chi connectivity index (χ0n) is 12.2. The quantitative estimate of drug-likeness (QED) is 0.473. The van der Waals surface area contributed by atoms with Crippen LogP contribution in [0.5, 0.6) is 0 Å². The van der Waals surface area contributed by atoms with Gasteiger partial charge in [0.05, 0.1) is 0 Å². The van der Waals surface area contributed by atoms with Gasteiger partial charge in [-0.1, -0.05) is 12.8 Å². The van der Waals surface area contributed by atoms with E-state index < -0.39 is 5.97 Å². The molecule has 0 unspecified atom stereocenters. The summed E-state index contributed by atoms with van der Waals surface area (Å²) in [4.78, 5) is 32.3. The Kier molecular flexibility index (Phi) is 11.5. The number of carboxylic acid groups (broad SMARTS) is 1. The Morgan fingerprint density at radius 2 is 1.35 bits per heavy atom. The Hall–Kier alpha value is -1.59. The topological polar surface area (TPSA) is 95.5 Å². The third kappa shape index (κ3) is 14.5. The minimum absolute atomic E-state index is 0.0226. The second kappa shape index (κ2) is 12.4. The maximum atomic E-state index is 11.4. The van der Waals surface area contributed by atoms with Crippen LogP contribution in [0.25, 0.3) is 0 Å². The van der Waals surface area contributed by atoms with Gasteiger partial charge >= 0.3 is 5.97 Å². The van der Waals surface area contributed by atoms with Crippen LogP contribution in [0.4, 0.5) is 0 Å². The molecular weight excluding hydrogens is 260 g/mol. The molecule has 0 spiro atoms. The number of hydrogen-bond acceptors (Lipinski definition) is 3. The molecule has 6 nitrogen and oxygen atoms in total. The maximum Gasteiger partial charge on any atom is 0.303 e. The van der Waals surface area contributed by atoms with Crippen LogP contribution in [0.15, 0.2) is 0 Å². The third-order valence-electron chi connectivity index (χ3n) is 2.84. The van der Waals surface area contributed by atoms with Crippen LogP contribution in [0.2, 0.25) is 0 Å². The number of carbonyl (C=O) groups is 3. The summed E-state index contributed by atoms with van der Waals surface area (Å²) >= 11 is 0. The van der Waals surface area contributed by atoms with E-state index in [1.807, 2.05) is 0 Å². The predicted octanol–water partition coefficient (Wildman–Crippen LogP) is 1.44. The highest BCUT2D eigenvalue weighted by molar-refractivity contribution is 5.75. The predicted molar refractivity (Wildman–Crippen MR) is 76.3 cm³/mol. The van der Waals surface area contributed by atoms with Gasteiger partial charge in [-0.3, -0.25) is 14.4 Å². The van der Waals surface area contributed by atoms with E-state index in [-0.39, 0.29) is 18.2 Å². The van der Waals surface area contributed by atoms with Gasteiger partial charge in [0.2, 0.25) is 11.8 Å². The van der Waals surface area contributed by atoms with Crippen molar-refractivity contribution in [2.24, 2.45) is 0 Å². The SMILES string of the molecule is CC(=O)NCCCCCC(=O)NCCCCCC(=O)O. The van der Waals surface area contributed by atoms with Crippen molar-refractivity contribution in [3.8, 4) is 0 Å². The lowest BCUT2D eigenvalue weighted by molar-refractivity contribution is -0.137. The smallest absolute Gasteiger partial charge is 0.303 e. The zero-order chi connectivity index (χ0) is 15.2. The molecule has 0 fully saturated rings. The van der Waals surface area contributed by atoms with Gasteiger partial charge in [0.25, 0.3) is 0 Å². The van der Waals surface area contributed by atoms with E-state index in [0.717, 1.165) is 32.1 Å². The maximum absolute atomic E-state index is 11.4. The molecule has 0 aliphatic heterocycles. The van der Waals surface area contributed by atoms with Gasteiger partial charge in [-0.15, -0.1) is 0 Å². The van der Waals surface area contributed by atoms with Crippen molar-refractivity contribution in [2.75, 3.05) is 13.1 Å². The molecule has 3 N–H and O–H groups in total. The van der Waals surface area contributed by atoms with Gasteiger partial charge < -0.3 is 15.7 Å². The molecule has 0 rings (SSSR count). The van der Waals surface area contributed by atoms with Crippen LogP contribution < -0.4 is 10.6 Å². The molecule has 0 aromatic rings. The molecule has 0 heterocycles. The van der Waals surface area contributed by atoms with E-state index in [1.165, 1.54) is 6.92 Å². The number of carboxylic acids is 1. The Labute approximate surface area is 120 Å². The fraction of sp³-hybridized carbons (Fsp3) is 0.786. The number of rotatable bonds is 12. The van der Waals surface area contributed by atoms with Crippen molar-refractivity contribution in [1.29, 1.82) is 0 Å². The number of aliphatic carboxylic acids is 1. The summed E-state index contributed by atoms with van der Waals surface area (Å²) in [5.74, 6) is -0.748. The standard InChI is InChI=1S/C14H26N2O4/c1-12(17)15-10-6-2-4-8-13(18)16-11-7-3-5-9-14(19)20/h2-11H2,1H3,(H,15,17)(H,16,18)(H,19,20). The fourth-order valence-electron chi connectivity index (χ4n) is 1.75. The molecule has 0 aromatic carbocycles. The summed E-state index contributed by atoms with van der Waals surface area (Å²) in [6, 6.07) is 0. The van der Waals surface area contributed by atoms with Gasteiger partial charge in [0.15, 0.2) is 0 Å². The van der Waals surface area contributed by atoms with Crippen molar-refractivity contribution in [1.82, 2.24) is 10.6 Å². The minimum Gasteiger partial charge on any atom is -0.481 e. The highest BCUT2D eigenvalue weighted by atomic mass is 16.4. The lowest BCUT2D eigenvalue weighted by Gasteiger charge is -2.05. The summed E-state index contributed by atoms with van der Waals surface area (Å²) in [6.45, 7) is 2.77. The number of hydrogen-bond donors (Lipinski definition) is 3. The van der Waals surface area contributed by atoms with Crippen LogP contribution >= 0.6 is 0 Å². The van der Waals surface area contributed by atoms with Crippen molar-refractivity contribution < 1.29 is 19.5 Å². The van der Waals surface area contributed by atoms with E-state index >= 15 is 0 Å². The highest BCUT2D eigenvalue weighted by Gasteiger charge is 2.01. The molecule has 0 radical (unpaired) electrons. The number of amides is 2. The Bertz CT molecular complexity index is 278. The first-order valence-electron chi connectivity index (χ1n) is 7.25. The van der Waals surface area contributed by atoms with Gasteiger partial charge in [-0.25, -0.2) is 0 Å². The lowest BCUT2D eigenvalue weighted by Crippen LogP contribution is -2.24. The molecule has 0 atom stereocenters. The zero-order valence-corrected chi connectivity index (χ0v) is 12.2. The van der Waals surface area contributed by atoms with Gasteiger partial charge in [-0.2, -0.15) is 0 Å². The van der Waals surface area contributed by atoms with Gasteiger partial charge in [0, 0.05) is 32.9 Å². The van der Waals surface area contributed by atoms with Crippen LogP contribution in [0.1, 0.15) is 58.3 Å². The first kappa shape index (κ1) is 18.4. The van der Waals surface area contributed by atoms with Crippen LogP contribution in [-0.2, 0) is 14.4 Å². The first-order valence-corrected chi connectivity index (χ1v) is 7.25. The van der Waals surface area contributed by atoms with Gasteiger partial charge in [-0.05, 0) is 25.7 Å². The molecule has 0 bridgehead atoms. The van der Waals surface area contributed by atoms with E-state index in [2.05, 4.69) is 10.6 Å². The van der Waals surface area contributed by atoms with E-state index in [4.69, 9.17) is 5.11 Å². The normalized spacial score (nSPS) is 10.1. The third-order valence-corrected chi connectivity index (χ3v) is 2.84. The Morgan fingerprint density at radius 3 is 1.90 bits per heavy atom. The first-order chi connectivity index (χ1) is 9.52. The summed E-state index contributed by atoms with van der Waals surface area (Å²) in [6.07, 6.45) is 5.65. The molecule has 0 saturated heterocycles. The average Bonchev–Trinajstić information content (AvgIpc) is 2.37. The molecule has 116 valence electrons. The molecule has 2 amide bonds. The molecule has 0 aromatic heterocycles. The lowest BCUT2D eigenvalue weighted by atomic mass is 10.1. The molecule has 0 aliphatic carbocycles. The van der Waals surface area contributed by atoms with Crippen molar-refractivity contribution in [2.45, 2.75) is 58.3 Å². The van der Waals surface area contributed by atoms with Gasteiger partial charge in [0.1, 0.15) is 0 Å². The average molecular weight is 286 g/mol. The molecule has 6 heteroatoms. The fourth-order valence-corrected chi connectivity index (χ4v) is 1.75. The van der Waals surface area contributed by atoms with E-state index in [1.54, 1.807) is 0 Å². The number of carbonyl (C=O) groups excluding carboxylic acids is 2. The summed E-state index contributed by atoms with van der Waals surface area (Å²) in [5.41, 5.74) is 0. The molecule has 0 aliphatic rings. The van der Waals surface area contributed by atoms with Crippen LogP contribution in [0.3, 0.4) is 0 Å². The second-order valence-electron chi connectivity index (χ2n) is 4.85. The highest BCUT2D eigenvalue weighted by Crippen LogP contribution is 2.01. The van der Waals surface area contributed by atoms with Crippen molar-refractivity contribution in [3.63, 3.8) is 0 Å². The summed E-state index contributed by atoms with van der Waals surface area (Å²) < 4.78 is 0. The Balaban J connectivity index is 3.24. The molecular formula is C14H26N2O4. The largest absolute Gasteiger partial charge is 0.481 e. The minimum atomic E-state index is -0.770. The number of unbranched alkanes of at least 4 members (excludes halogenated alkanes) is 4. The van der Waals surface area contributed by atoms with E-state index in [0.29, 0.717) is 25.9 Å². The summed E-state index contributed by atoms with van der Waals surface area (Å²) in [5, 5.41) is 14.0. The van der Waals surface area contributed by atoms with Crippen LogP contribution in [-0.4, -0.2) is 36.0 Å². The van der Waals surface area contributed by atoms with E-state index in [9.17, 15) is 14.4 Å². The Morgan fingerprint density at radius 1 is 0.800 bits per heavy atom. The molecule has 0 saturated carbocycles. The molecule has 20 heavy (non-hydrogen) atoms. The monoisotopic (exact) mass is 286 g/mol.